The van der Waals surface area contributed by atoms with Crippen LogP contribution in [-0.2, 0) is 16.6 Å². The topological polar surface area (TPSA) is 87.8 Å². The highest BCUT2D eigenvalue weighted by Gasteiger charge is 2.21. The van der Waals surface area contributed by atoms with E-state index in [9.17, 15) is 8.42 Å². The van der Waals surface area contributed by atoms with Gasteiger partial charge in [0.15, 0.2) is 0 Å². The summed E-state index contributed by atoms with van der Waals surface area (Å²) in [6.07, 6.45) is 0. The Kier molecular flexibility index (Phi) is 6.54. The van der Waals surface area contributed by atoms with Crippen molar-refractivity contribution < 1.29 is 8.42 Å². The lowest BCUT2D eigenvalue weighted by Crippen LogP contribution is -2.24. The van der Waals surface area contributed by atoms with E-state index in [4.69, 9.17) is 33.6 Å². The van der Waals surface area contributed by atoms with E-state index < -0.39 is 10.0 Å². The van der Waals surface area contributed by atoms with Gasteiger partial charge in [0.2, 0.25) is 10.0 Å². The zero-order chi connectivity index (χ0) is 23.6. The first-order chi connectivity index (χ1) is 15.8. The summed E-state index contributed by atoms with van der Waals surface area (Å²) in [6, 6.07) is 22.4. The van der Waals surface area contributed by atoms with Gasteiger partial charge in [-0.25, -0.2) is 17.8 Å². The molecule has 0 saturated heterocycles. The first-order valence-electron chi connectivity index (χ1n) is 9.89. The number of nitrogens with one attached hydrogen (secondary N) is 1. The van der Waals surface area contributed by atoms with Crippen LogP contribution in [-0.4, -0.2) is 18.2 Å². The maximum absolute atomic E-state index is 12.8. The Morgan fingerprint density at radius 2 is 1.76 bits per heavy atom. The highest BCUT2D eigenvalue weighted by molar-refractivity contribution is 7.89. The van der Waals surface area contributed by atoms with Gasteiger partial charge in [0.1, 0.15) is 0 Å². The molecule has 0 amide bonds. The van der Waals surface area contributed by atoms with Crippen molar-refractivity contribution in [3.8, 4) is 23.0 Å². The number of hydrogen-bond donors (Lipinski definition) is 1. The van der Waals surface area contributed by atoms with Gasteiger partial charge in [0.25, 0.3) is 0 Å². The molecule has 0 fully saturated rings. The summed E-state index contributed by atoms with van der Waals surface area (Å²) >= 11 is 12.5. The Bertz CT molecular complexity index is 1470. The van der Waals surface area contributed by atoms with E-state index in [2.05, 4.69) is 4.72 Å². The first-order valence-corrected chi connectivity index (χ1v) is 12.1. The molecular formula is C24H18Cl2N4O2S. The van der Waals surface area contributed by atoms with Crippen LogP contribution in [0.3, 0.4) is 0 Å². The average molecular weight is 497 g/mol. The molecule has 0 saturated carbocycles. The van der Waals surface area contributed by atoms with Gasteiger partial charge in [-0.1, -0.05) is 53.5 Å². The molecule has 4 rings (SSSR count). The number of nitrogens with zero attached hydrogens (tertiary/aromatic N) is 3. The third-order valence-electron chi connectivity index (χ3n) is 5.12. The van der Waals surface area contributed by atoms with Crippen LogP contribution < -0.4 is 4.72 Å². The first kappa shape index (κ1) is 23.0. The fourth-order valence-electron chi connectivity index (χ4n) is 3.43. The summed E-state index contributed by atoms with van der Waals surface area (Å²) in [5, 5.41) is 14.9. The van der Waals surface area contributed by atoms with E-state index in [1.54, 1.807) is 28.9 Å². The molecule has 0 aliphatic carbocycles. The van der Waals surface area contributed by atoms with Crippen molar-refractivity contribution in [3.05, 3.63) is 99.7 Å². The molecule has 0 atom stereocenters. The molecule has 0 aliphatic heterocycles. The molecule has 1 aromatic heterocycles. The number of aromatic nitrogens is 2. The van der Waals surface area contributed by atoms with Crippen molar-refractivity contribution in [2.24, 2.45) is 0 Å². The SMILES string of the molecule is Cc1c(CNS(=O)(=O)c2cccc(C#N)c2)nn(-c2ccccc2Cl)c1-c1ccc(Cl)cc1. The highest BCUT2D eigenvalue weighted by atomic mass is 35.5. The van der Waals surface area contributed by atoms with Gasteiger partial charge < -0.3 is 0 Å². The van der Waals surface area contributed by atoms with Crippen molar-refractivity contribution >= 4 is 33.2 Å². The predicted molar refractivity (Wildman–Crippen MR) is 129 cm³/mol. The monoisotopic (exact) mass is 496 g/mol. The fraction of sp³-hybridized carbons (Fsp3) is 0.0833. The third kappa shape index (κ3) is 4.80. The van der Waals surface area contributed by atoms with Gasteiger partial charge in [-0.2, -0.15) is 10.4 Å². The molecule has 0 aliphatic rings. The molecule has 0 spiro atoms. The van der Waals surface area contributed by atoms with Crippen LogP contribution in [0.15, 0.2) is 77.7 Å². The van der Waals surface area contributed by atoms with E-state index in [0.717, 1.165) is 16.8 Å². The lowest BCUT2D eigenvalue weighted by Gasteiger charge is -2.10. The number of benzene rings is 3. The summed E-state index contributed by atoms with van der Waals surface area (Å²) < 4.78 is 29.9. The van der Waals surface area contributed by atoms with Gasteiger partial charge >= 0.3 is 0 Å². The Labute approximate surface area is 202 Å². The van der Waals surface area contributed by atoms with Crippen LogP contribution in [0.5, 0.6) is 0 Å². The summed E-state index contributed by atoms with van der Waals surface area (Å²) in [5.41, 5.74) is 3.91. The molecule has 3 aromatic carbocycles. The van der Waals surface area contributed by atoms with Crippen LogP contribution >= 0.6 is 23.2 Å². The minimum atomic E-state index is -3.85. The minimum Gasteiger partial charge on any atom is -0.231 e. The van der Waals surface area contributed by atoms with Crippen molar-refractivity contribution in [2.75, 3.05) is 0 Å². The molecule has 1 N–H and O–H groups in total. The summed E-state index contributed by atoms with van der Waals surface area (Å²) in [4.78, 5) is 0.0164. The van der Waals surface area contributed by atoms with E-state index in [0.29, 0.717) is 21.4 Å². The van der Waals surface area contributed by atoms with Crippen LogP contribution in [0.1, 0.15) is 16.8 Å². The van der Waals surface area contributed by atoms with Gasteiger partial charge in [-0.3, -0.25) is 0 Å². The van der Waals surface area contributed by atoms with Crippen molar-refractivity contribution in [3.63, 3.8) is 0 Å². The Hall–Kier alpha value is -3.15. The average Bonchev–Trinajstić information content (AvgIpc) is 3.14. The molecule has 4 aromatic rings. The number of nitriles is 1. The summed E-state index contributed by atoms with van der Waals surface area (Å²) in [5.74, 6) is 0. The Morgan fingerprint density at radius 3 is 2.45 bits per heavy atom. The Balaban J connectivity index is 1.75. The smallest absolute Gasteiger partial charge is 0.231 e. The molecule has 1 heterocycles. The lowest BCUT2D eigenvalue weighted by atomic mass is 10.1. The van der Waals surface area contributed by atoms with Gasteiger partial charge in [-0.15, -0.1) is 0 Å². The number of hydrogen-bond acceptors (Lipinski definition) is 4. The second kappa shape index (κ2) is 9.38. The highest BCUT2D eigenvalue weighted by Crippen LogP contribution is 2.32. The maximum Gasteiger partial charge on any atom is 0.240 e. The van der Waals surface area contributed by atoms with Crippen LogP contribution in [0.2, 0.25) is 10.0 Å². The number of sulfonamides is 1. The van der Waals surface area contributed by atoms with Gasteiger partial charge in [0.05, 0.1) is 45.2 Å². The number of rotatable bonds is 6. The van der Waals surface area contributed by atoms with E-state index in [-0.39, 0.29) is 17.0 Å². The van der Waals surface area contributed by atoms with Crippen LogP contribution in [0.4, 0.5) is 0 Å². The maximum atomic E-state index is 12.8. The Morgan fingerprint density at radius 1 is 1.03 bits per heavy atom. The number of para-hydroxylation sites is 1. The summed E-state index contributed by atoms with van der Waals surface area (Å²) in [6.45, 7) is 1.84. The van der Waals surface area contributed by atoms with E-state index >= 15 is 0 Å². The number of halogens is 2. The molecule has 0 radical (unpaired) electrons. The molecule has 0 unspecified atom stereocenters. The molecule has 9 heteroatoms. The standard InChI is InChI=1S/C24H18Cl2N4O2S/c1-16-22(15-28-33(31,32)20-6-4-5-17(13-20)14-27)29-30(23-8-3-2-7-21(23)26)24(16)18-9-11-19(25)12-10-18/h2-13,28H,15H2,1H3. The van der Waals surface area contributed by atoms with Crippen LogP contribution in [0.25, 0.3) is 16.9 Å². The lowest BCUT2D eigenvalue weighted by molar-refractivity contribution is 0.580. The fourth-order valence-corrected chi connectivity index (χ4v) is 4.81. The molecule has 6 nitrogen and oxygen atoms in total. The zero-order valence-electron chi connectivity index (χ0n) is 17.5. The largest absolute Gasteiger partial charge is 0.240 e. The summed E-state index contributed by atoms with van der Waals surface area (Å²) in [7, 11) is -3.85. The normalized spacial score (nSPS) is 11.3. The molecule has 33 heavy (non-hydrogen) atoms. The van der Waals surface area contributed by atoms with Gasteiger partial charge in [0, 0.05) is 16.1 Å². The minimum absolute atomic E-state index is 0.0164. The van der Waals surface area contributed by atoms with Crippen molar-refractivity contribution in [1.82, 2.24) is 14.5 Å². The second-order valence-electron chi connectivity index (χ2n) is 7.25. The molecular weight excluding hydrogens is 479 g/mol. The second-order valence-corrected chi connectivity index (χ2v) is 9.87. The zero-order valence-corrected chi connectivity index (χ0v) is 19.8. The van der Waals surface area contributed by atoms with E-state index in [1.165, 1.54) is 18.2 Å². The van der Waals surface area contributed by atoms with Crippen molar-refractivity contribution in [1.29, 1.82) is 5.26 Å². The van der Waals surface area contributed by atoms with E-state index in [1.807, 2.05) is 43.3 Å². The quantitative estimate of drug-likeness (QED) is 0.381. The van der Waals surface area contributed by atoms with Gasteiger partial charge in [-0.05, 0) is 49.4 Å². The molecule has 0 bridgehead atoms. The van der Waals surface area contributed by atoms with Crippen molar-refractivity contribution in [2.45, 2.75) is 18.4 Å². The predicted octanol–water partition coefficient (Wildman–Crippen LogP) is 5.50. The third-order valence-corrected chi connectivity index (χ3v) is 7.09. The van der Waals surface area contributed by atoms with Crippen LogP contribution in [0, 0.1) is 18.3 Å². The molecule has 166 valence electrons.